The molecular weight excluding hydrogens is 347 g/mol. The number of amides is 1. The average Bonchev–Trinajstić information content (AvgIpc) is 2.86. The van der Waals surface area contributed by atoms with Gasteiger partial charge in [0.15, 0.2) is 0 Å². The van der Waals surface area contributed by atoms with Crippen molar-refractivity contribution in [2.75, 3.05) is 26.2 Å². The summed E-state index contributed by atoms with van der Waals surface area (Å²) in [6.45, 7) is 4.56. The largest absolute Gasteiger partial charge is 0.493 e. The molecule has 0 bridgehead atoms. The van der Waals surface area contributed by atoms with Gasteiger partial charge in [0.25, 0.3) is 0 Å². The number of rotatable bonds is 5. The van der Waals surface area contributed by atoms with E-state index < -0.39 is 0 Å². The van der Waals surface area contributed by atoms with Crippen molar-refractivity contribution in [2.24, 2.45) is 11.1 Å². The number of carbonyl (C=O) groups is 1. The van der Waals surface area contributed by atoms with E-state index in [1.54, 1.807) is 18.2 Å². The highest BCUT2D eigenvalue weighted by atomic mass is 35.5. The van der Waals surface area contributed by atoms with Crippen LogP contribution >= 0.6 is 35.6 Å². The van der Waals surface area contributed by atoms with Gasteiger partial charge in [0, 0.05) is 19.2 Å². The minimum Gasteiger partial charge on any atom is -0.493 e. The topological polar surface area (TPSA) is 55.6 Å². The number of benzene rings is 1. The Kier molecular flexibility index (Phi) is 7.26. The molecule has 22 heavy (non-hydrogen) atoms. The zero-order valence-corrected chi connectivity index (χ0v) is 14.8. The number of hydrogen-bond donors (Lipinski definition) is 1. The van der Waals surface area contributed by atoms with Crippen LogP contribution < -0.4 is 10.5 Å². The summed E-state index contributed by atoms with van der Waals surface area (Å²) in [7, 11) is 0. The fourth-order valence-corrected chi connectivity index (χ4v) is 2.67. The number of likely N-dealkylation sites (tertiary alicyclic amines) is 1. The maximum atomic E-state index is 12.1. The second-order valence-electron chi connectivity index (χ2n) is 5.75. The molecule has 1 aliphatic rings. The Labute approximate surface area is 147 Å². The summed E-state index contributed by atoms with van der Waals surface area (Å²) in [5.41, 5.74) is 5.80. The van der Waals surface area contributed by atoms with Gasteiger partial charge in [0.2, 0.25) is 5.91 Å². The van der Waals surface area contributed by atoms with Crippen LogP contribution in [0.4, 0.5) is 0 Å². The molecule has 1 heterocycles. The summed E-state index contributed by atoms with van der Waals surface area (Å²) in [5.74, 6) is 0.720. The highest BCUT2D eigenvalue weighted by Crippen LogP contribution is 2.29. The Morgan fingerprint density at radius 1 is 1.41 bits per heavy atom. The maximum absolute atomic E-state index is 12.1. The Balaban J connectivity index is 0.00000242. The highest BCUT2D eigenvalue weighted by Gasteiger charge is 2.34. The minimum absolute atomic E-state index is 0. The van der Waals surface area contributed by atoms with Crippen LogP contribution in [0.25, 0.3) is 0 Å². The van der Waals surface area contributed by atoms with E-state index in [0.29, 0.717) is 35.4 Å². The molecule has 124 valence electrons. The maximum Gasteiger partial charge on any atom is 0.226 e. The standard InChI is InChI=1S/C15H20Cl2N2O2.ClH/c1-15(9-18)5-6-19(10-15)14(20)4-7-21-11-2-3-12(16)13(17)8-11;/h2-3,8H,4-7,9-10,18H2,1H3;1H. The van der Waals surface area contributed by atoms with E-state index in [9.17, 15) is 4.79 Å². The predicted molar refractivity (Wildman–Crippen MR) is 92.2 cm³/mol. The van der Waals surface area contributed by atoms with Gasteiger partial charge < -0.3 is 15.4 Å². The average molecular weight is 368 g/mol. The van der Waals surface area contributed by atoms with Gasteiger partial charge >= 0.3 is 0 Å². The first kappa shape index (κ1) is 19.4. The third kappa shape index (κ3) is 4.92. The number of nitrogens with two attached hydrogens (primary N) is 1. The number of halogens is 3. The molecule has 1 unspecified atom stereocenters. The van der Waals surface area contributed by atoms with Crippen molar-refractivity contribution in [1.82, 2.24) is 4.90 Å². The summed E-state index contributed by atoms with van der Waals surface area (Å²) in [6.07, 6.45) is 1.31. The zero-order valence-electron chi connectivity index (χ0n) is 12.5. The molecule has 1 saturated heterocycles. The van der Waals surface area contributed by atoms with Crippen LogP contribution in [0.1, 0.15) is 19.8 Å². The lowest BCUT2D eigenvalue weighted by atomic mass is 9.90. The Hall–Kier alpha value is -0.680. The monoisotopic (exact) mass is 366 g/mol. The first-order valence-corrected chi connectivity index (χ1v) is 7.75. The molecule has 1 aromatic rings. The van der Waals surface area contributed by atoms with Gasteiger partial charge in [0.05, 0.1) is 23.1 Å². The molecule has 7 heteroatoms. The van der Waals surface area contributed by atoms with Gasteiger partial charge in [-0.05, 0) is 30.5 Å². The Morgan fingerprint density at radius 3 is 2.73 bits per heavy atom. The lowest BCUT2D eigenvalue weighted by Gasteiger charge is -2.22. The molecule has 1 atom stereocenters. The summed E-state index contributed by atoms with van der Waals surface area (Å²) in [6, 6.07) is 5.06. The van der Waals surface area contributed by atoms with Crippen molar-refractivity contribution >= 4 is 41.5 Å². The molecule has 1 fully saturated rings. The van der Waals surface area contributed by atoms with Gasteiger partial charge in [-0.25, -0.2) is 0 Å². The van der Waals surface area contributed by atoms with Gasteiger partial charge in [-0.15, -0.1) is 12.4 Å². The van der Waals surface area contributed by atoms with Crippen LogP contribution in [0, 0.1) is 5.41 Å². The quantitative estimate of drug-likeness (QED) is 0.868. The van der Waals surface area contributed by atoms with E-state index in [2.05, 4.69) is 6.92 Å². The van der Waals surface area contributed by atoms with E-state index in [1.165, 1.54) is 0 Å². The van der Waals surface area contributed by atoms with E-state index >= 15 is 0 Å². The van der Waals surface area contributed by atoms with Crippen LogP contribution in [0.5, 0.6) is 5.75 Å². The van der Waals surface area contributed by atoms with E-state index in [1.807, 2.05) is 4.90 Å². The van der Waals surface area contributed by atoms with Crippen molar-refractivity contribution in [1.29, 1.82) is 0 Å². The SMILES string of the molecule is CC1(CN)CCN(C(=O)CCOc2ccc(Cl)c(Cl)c2)C1.Cl. The van der Waals surface area contributed by atoms with Crippen molar-refractivity contribution in [2.45, 2.75) is 19.8 Å². The molecule has 1 aliphatic heterocycles. The molecule has 0 spiro atoms. The van der Waals surface area contributed by atoms with Crippen LogP contribution in [-0.4, -0.2) is 37.0 Å². The molecule has 2 rings (SSSR count). The third-order valence-electron chi connectivity index (χ3n) is 3.88. The minimum atomic E-state index is 0. The van der Waals surface area contributed by atoms with Crippen molar-refractivity contribution in [3.63, 3.8) is 0 Å². The summed E-state index contributed by atoms with van der Waals surface area (Å²) >= 11 is 11.7. The van der Waals surface area contributed by atoms with Gasteiger partial charge in [0.1, 0.15) is 5.75 Å². The third-order valence-corrected chi connectivity index (χ3v) is 4.62. The summed E-state index contributed by atoms with van der Waals surface area (Å²) in [5, 5.41) is 0.928. The highest BCUT2D eigenvalue weighted by molar-refractivity contribution is 6.42. The van der Waals surface area contributed by atoms with E-state index in [-0.39, 0.29) is 23.7 Å². The molecule has 0 saturated carbocycles. The van der Waals surface area contributed by atoms with Gasteiger partial charge in [-0.3, -0.25) is 4.79 Å². The molecule has 0 aromatic heterocycles. The second kappa shape index (κ2) is 8.25. The molecule has 4 nitrogen and oxygen atoms in total. The zero-order chi connectivity index (χ0) is 15.5. The first-order chi connectivity index (χ1) is 9.93. The lowest BCUT2D eigenvalue weighted by molar-refractivity contribution is -0.131. The molecule has 2 N–H and O–H groups in total. The fourth-order valence-electron chi connectivity index (χ4n) is 2.38. The van der Waals surface area contributed by atoms with Crippen LogP contribution in [0.3, 0.4) is 0 Å². The van der Waals surface area contributed by atoms with E-state index in [0.717, 1.165) is 19.5 Å². The Bertz CT molecular complexity index is 528. The normalized spacial score (nSPS) is 20.6. The van der Waals surface area contributed by atoms with Gasteiger partial charge in [-0.2, -0.15) is 0 Å². The van der Waals surface area contributed by atoms with Crippen LogP contribution in [0.2, 0.25) is 10.0 Å². The number of ether oxygens (including phenoxy) is 1. The molecule has 1 aromatic carbocycles. The predicted octanol–water partition coefficient (Wildman–Crippen LogP) is 3.38. The van der Waals surface area contributed by atoms with Crippen molar-refractivity contribution in [3.05, 3.63) is 28.2 Å². The number of nitrogens with zero attached hydrogens (tertiary/aromatic N) is 1. The smallest absolute Gasteiger partial charge is 0.226 e. The number of carbonyl (C=O) groups excluding carboxylic acids is 1. The molecule has 0 aliphatic carbocycles. The fraction of sp³-hybridized carbons (Fsp3) is 0.533. The Morgan fingerprint density at radius 2 is 2.14 bits per heavy atom. The van der Waals surface area contributed by atoms with Crippen molar-refractivity contribution < 1.29 is 9.53 Å². The van der Waals surface area contributed by atoms with Crippen LogP contribution in [0.15, 0.2) is 18.2 Å². The van der Waals surface area contributed by atoms with Gasteiger partial charge in [-0.1, -0.05) is 30.1 Å². The lowest BCUT2D eigenvalue weighted by Crippen LogP contribution is -2.35. The first-order valence-electron chi connectivity index (χ1n) is 6.99. The summed E-state index contributed by atoms with van der Waals surface area (Å²) < 4.78 is 5.54. The van der Waals surface area contributed by atoms with Crippen molar-refractivity contribution in [3.8, 4) is 5.75 Å². The molecule has 0 radical (unpaired) electrons. The second-order valence-corrected chi connectivity index (χ2v) is 6.57. The molecular formula is C15H21Cl3N2O2. The van der Waals surface area contributed by atoms with E-state index in [4.69, 9.17) is 33.7 Å². The number of hydrogen-bond acceptors (Lipinski definition) is 3. The summed E-state index contributed by atoms with van der Waals surface area (Å²) in [4.78, 5) is 14.0. The molecule has 1 amide bonds. The van der Waals surface area contributed by atoms with Crippen LogP contribution in [-0.2, 0) is 4.79 Å².